The second-order valence-electron chi connectivity index (χ2n) is 4.41. The van der Waals surface area contributed by atoms with Crippen LogP contribution in [0.5, 0.6) is 6.01 Å². The van der Waals surface area contributed by atoms with Crippen LogP contribution in [-0.2, 0) is 0 Å². The van der Waals surface area contributed by atoms with Crippen molar-refractivity contribution in [2.24, 2.45) is 5.92 Å². The molecule has 2 heterocycles. The minimum absolute atomic E-state index is 0.381. The Morgan fingerprint density at radius 3 is 2.94 bits per heavy atom. The molecule has 2 aromatic rings. The summed E-state index contributed by atoms with van der Waals surface area (Å²) >= 11 is 0. The van der Waals surface area contributed by atoms with Crippen molar-refractivity contribution in [1.29, 1.82) is 0 Å². The number of methoxy groups -OCH3 is 1. The normalized spacial score (nSPS) is 11.1. The fourth-order valence-corrected chi connectivity index (χ4v) is 1.63. The fraction of sp³-hybridized carbons (Fsp3) is 0.500. The van der Waals surface area contributed by atoms with Crippen LogP contribution < -0.4 is 10.1 Å². The Kier molecular flexibility index (Phi) is 3.46. The van der Waals surface area contributed by atoms with Gasteiger partial charge in [0.15, 0.2) is 0 Å². The number of hydrogen-bond donors (Lipinski definition) is 2. The third-order valence-corrected chi connectivity index (χ3v) is 2.59. The second-order valence-corrected chi connectivity index (χ2v) is 4.41. The molecule has 0 saturated carbocycles. The topological polar surface area (TPSA) is 62.8 Å². The van der Waals surface area contributed by atoms with E-state index in [4.69, 9.17) is 4.74 Å². The van der Waals surface area contributed by atoms with E-state index in [1.54, 1.807) is 7.11 Å². The zero-order valence-electron chi connectivity index (χ0n) is 10.4. The number of hydrogen-bond acceptors (Lipinski definition) is 4. The van der Waals surface area contributed by atoms with Crippen molar-refractivity contribution in [3.05, 3.63) is 12.3 Å². The van der Waals surface area contributed by atoms with E-state index in [0.29, 0.717) is 11.9 Å². The number of aromatic amines is 1. The van der Waals surface area contributed by atoms with Crippen LogP contribution in [0.3, 0.4) is 0 Å². The highest BCUT2D eigenvalue weighted by Crippen LogP contribution is 2.21. The monoisotopic (exact) mass is 234 g/mol. The summed E-state index contributed by atoms with van der Waals surface area (Å²) in [5.41, 5.74) is 0.795. The molecule has 0 aliphatic rings. The first-order chi connectivity index (χ1) is 8.20. The Morgan fingerprint density at radius 1 is 1.41 bits per heavy atom. The quantitative estimate of drug-likeness (QED) is 0.834. The van der Waals surface area contributed by atoms with Crippen molar-refractivity contribution < 1.29 is 4.74 Å². The molecule has 2 rings (SSSR count). The molecule has 2 N–H and O–H groups in total. The molecule has 0 saturated heterocycles. The molecule has 0 aromatic carbocycles. The Labute approximate surface area is 101 Å². The number of rotatable bonds is 5. The maximum absolute atomic E-state index is 5.08. The van der Waals surface area contributed by atoms with Crippen LogP contribution in [-0.4, -0.2) is 28.6 Å². The minimum Gasteiger partial charge on any atom is -0.467 e. The van der Waals surface area contributed by atoms with Crippen LogP contribution in [0, 0.1) is 5.92 Å². The second kappa shape index (κ2) is 5.03. The van der Waals surface area contributed by atoms with Crippen molar-refractivity contribution in [2.75, 3.05) is 19.0 Å². The lowest BCUT2D eigenvalue weighted by atomic mass is 10.1. The molecule has 2 aromatic heterocycles. The van der Waals surface area contributed by atoms with Crippen LogP contribution in [0.2, 0.25) is 0 Å². The smallest absolute Gasteiger partial charge is 0.320 e. The van der Waals surface area contributed by atoms with Gasteiger partial charge in [0.1, 0.15) is 11.5 Å². The third-order valence-electron chi connectivity index (χ3n) is 2.59. The molecule has 0 radical (unpaired) electrons. The van der Waals surface area contributed by atoms with Gasteiger partial charge in [-0.15, -0.1) is 0 Å². The van der Waals surface area contributed by atoms with Gasteiger partial charge in [0, 0.05) is 12.7 Å². The van der Waals surface area contributed by atoms with Crippen molar-refractivity contribution in [2.45, 2.75) is 20.3 Å². The molecule has 17 heavy (non-hydrogen) atoms. The maximum atomic E-state index is 5.08. The highest BCUT2D eigenvalue weighted by molar-refractivity contribution is 5.87. The Hall–Kier alpha value is -1.78. The Bertz CT molecular complexity index is 492. The molecule has 0 bridgehead atoms. The van der Waals surface area contributed by atoms with Crippen LogP contribution >= 0.6 is 0 Å². The van der Waals surface area contributed by atoms with Gasteiger partial charge in [-0.1, -0.05) is 13.8 Å². The van der Waals surface area contributed by atoms with Gasteiger partial charge in [-0.2, -0.15) is 9.97 Å². The molecular weight excluding hydrogens is 216 g/mol. The van der Waals surface area contributed by atoms with Crippen LogP contribution in [0.15, 0.2) is 12.3 Å². The van der Waals surface area contributed by atoms with Crippen LogP contribution in [0.1, 0.15) is 20.3 Å². The first-order valence-corrected chi connectivity index (χ1v) is 5.83. The average Bonchev–Trinajstić information content (AvgIpc) is 2.76. The lowest BCUT2D eigenvalue weighted by Crippen LogP contribution is -2.07. The SMILES string of the molecule is COc1nc(NCCC(C)C)c2cc[nH]c2n1. The van der Waals surface area contributed by atoms with E-state index in [0.717, 1.165) is 29.8 Å². The molecule has 0 unspecified atom stereocenters. The van der Waals surface area contributed by atoms with Crippen molar-refractivity contribution in [3.63, 3.8) is 0 Å². The Balaban J connectivity index is 2.21. The summed E-state index contributed by atoms with van der Waals surface area (Å²) in [5, 5.41) is 4.32. The summed E-state index contributed by atoms with van der Waals surface area (Å²) in [6.07, 6.45) is 2.96. The fourth-order valence-electron chi connectivity index (χ4n) is 1.63. The third kappa shape index (κ3) is 2.67. The molecule has 5 nitrogen and oxygen atoms in total. The zero-order chi connectivity index (χ0) is 12.3. The number of nitrogens with zero attached hydrogens (tertiary/aromatic N) is 2. The molecule has 0 spiro atoms. The zero-order valence-corrected chi connectivity index (χ0v) is 10.4. The minimum atomic E-state index is 0.381. The van der Waals surface area contributed by atoms with Crippen LogP contribution in [0.4, 0.5) is 5.82 Å². The van der Waals surface area contributed by atoms with E-state index in [9.17, 15) is 0 Å². The number of fused-ring (bicyclic) bond motifs is 1. The molecular formula is C12H18N4O. The van der Waals surface area contributed by atoms with Gasteiger partial charge in [0.2, 0.25) is 0 Å². The molecule has 0 fully saturated rings. The van der Waals surface area contributed by atoms with Crippen molar-refractivity contribution in [1.82, 2.24) is 15.0 Å². The van der Waals surface area contributed by atoms with E-state index in [2.05, 4.69) is 34.1 Å². The summed E-state index contributed by atoms with van der Waals surface area (Å²) in [4.78, 5) is 11.6. The highest BCUT2D eigenvalue weighted by atomic mass is 16.5. The molecule has 0 aliphatic carbocycles. The van der Waals surface area contributed by atoms with Gasteiger partial charge < -0.3 is 15.0 Å². The predicted molar refractivity (Wildman–Crippen MR) is 68.4 cm³/mol. The summed E-state index contributed by atoms with van der Waals surface area (Å²) < 4.78 is 5.08. The number of nitrogens with one attached hydrogen (secondary N) is 2. The van der Waals surface area contributed by atoms with Gasteiger partial charge in [0.25, 0.3) is 0 Å². The van der Waals surface area contributed by atoms with Gasteiger partial charge >= 0.3 is 6.01 Å². The largest absolute Gasteiger partial charge is 0.467 e. The maximum Gasteiger partial charge on any atom is 0.320 e. The van der Waals surface area contributed by atoms with E-state index < -0.39 is 0 Å². The van der Waals surface area contributed by atoms with Gasteiger partial charge in [0.05, 0.1) is 12.5 Å². The van der Waals surface area contributed by atoms with E-state index in [1.165, 1.54) is 0 Å². The number of H-pyrrole nitrogens is 1. The summed E-state index contributed by atoms with van der Waals surface area (Å²) in [6.45, 7) is 5.31. The standard InChI is InChI=1S/C12H18N4O/c1-8(2)4-6-13-10-9-5-7-14-11(9)16-12(15-10)17-3/h5,7-8H,4,6H2,1-3H3,(H2,13,14,15,16). The molecule has 5 heteroatoms. The molecule has 0 amide bonds. The first kappa shape index (κ1) is 11.7. The summed E-state index contributed by atoms with van der Waals surface area (Å²) in [7, 11) is 1.57. The highest BCUT2D eigenvalue weighted by Gasteiger charge is 2.08. The van der Waals surface area contributed by atoms with E-state index in [1.807, 2.05) is 12.3 Å². The van der Waals surface area contributed by atoms with Crippen molar-refractivity contribution in [3.8, 4) is 6.01 Å². The van der Waals surface area contributed by atoms with Gasteiger partial charge in [-0.25, -0.2) is 0 Å². The number of anilines is 1. The van der Waals surface area contributed by atoms with Gasteiger partial charge in [-0.05, 0) is 18.4 Å². The lowest BCUT2D eigenvalue weighted by Gasteiger charge is -2.09. The van der Waals surface area contributed by atoms with Crippen LogP contribution in [0.25, 0.3) is 11.0 Å². The van der Waals surface area contributed by atoms with E-state index in [-0.39, 0.29) is 0 Å². The predicted octanol–water partition coefficient (Wildman–Crippen LogP) is 2.42. The first-order valence-electron chi connectivity index (χ1n) is 5.83. The van der Waals surface area contributed by atoms with Gasteiger partial charge in [-0.3, -0.25) is 0 Å². The number of aromatic nitrogens is 3. The van der Waals surface area contributed by atoms with Crippen molar-refractivity contribution >= 4 is 16.9 Å². The number of ether oxygens (including phenoxy) is 1. The molecule has 92 valence electrons. The lowest BCUT2D eigenvalue weighted by molar-refractivity contribution is 0.382. The summed E-state index contributed by atoms with van der Waals surface area (Å²) in [6, 6.07) is 2.35. The molecule has 0 aliphatic heterocycles. The molecule has 0 atom stereocenters. The van der Waals surface area contributed by atoms with E-state index >= 15 is 0 Å². The average molecular weight is 234 g/mol. The summed E-state index contributed by atoms with van der Waals surface area (Å²) in [5.74, 6) is 1.50. The Morgan fingerprint density at radius 2 is 2.24 bits per heavy atom.